The van der Waals surface area contributed by atoms with E-state index in [4.69, 9.17) is 9.84 Å². The fraction of sp³-hybridized carbons (Fsp3) is 0.556. The number of benzene rings is 1. The van der Waals surface area contributed by atoms with E-state index in [0.717, 1.165) is 25.7 Å². The van der Waals surface area contributed by atoms with Gasteiger partial charge in [-0.25, -0.2) is 22.6 Å². The number of amides is 1. The van der Waals surface area contributed by atoms with Gasteiger partial charge in [-0.3, -0.25) is 9.59 Å². The van der Waals surface area contributed by atoms with Crippen molar-refractivity contribution in [3.05, 3.63) is 40.1 Å². The number of aromatic nitrogens is 4. The Kier molecular flexibility index (Phi) is 11.6. The Bertz CT molecular complexity index is 1450. The SMILES string of the molecule is CCCCCCCc1nc(C)c2c(=O)[nH]c(-c3cc(S(=O)(=O)NC(=O)CCNCCCO)ccc3OCC)nn12. The van der Waals surface area contributed by atoms with E-state index in [1.54, 1.807) is 13.8 Å². The van der Waals surface area contributed by atoms with Gasteiger partial charge in [-0.15, -0.1) is 5.10 Å². The summed E-state index contributed by atoms with van der Waals surface area (Å²) in [7, 11) is -4.21. The molecule has 4 N–H and O–H groups in total. The van der Waals surface area contributed by atoms with Crippen molar-refractivity contribution in [3.63, 3.8) is 0 Å². The van der Waals surface area contributed by atoms with Crippen LogP contribution in [0.3, 0.4) is 0 Å². The summed E-state index contributed by atoms with van der Waals surface area (Å²) in [6.45, 7) is 6.83. The minimum Gasteiger partial charge on any atom is -0.493 e. The first kappa shape index (κ1) is 31.2. The number of hydrogen-bond donors (Lipinski definition) is 4. The first-order valence-electron chi connectivity index (χ1n) is 13.8. The summed E-state index contributed by atoms with van der Waals surface area (Å²) in [6.07, 6.45) is 6.56. The van der Waals surface area contributed by atoms with Crippen LogP contribution in [0.4, 0.5) is 0 Å². The van der Waals surface area contributed by atoms with Gasteiger partial charge in [-0.1, -0.05) is 32.6 Å². The van der Waals surface area contributed by atoms with Crippen LogP contribution in [0.2, 0.25) is 0 Å². The second-order valence-electron chi connectivity index (χ2n) is 9.54. The molecule has 0 saturated heterocycles. The molecule has 40 heavy (non-hydrogen) atoms. The summed E-state index contributed by atoms with van der Waals surface area (Å²) in [5, 5.41) is 16.4. The van der Waals surface area contributed by atoms with Crippen LogP contribution in [-0.2, 0) is 21.2 Å². The van der Waals surface area contributed by atoms with Gasteiger partial charge in [0, 0.05) is 26.0 Å². The molecule has 0 aliphatic heterocycles. The first-order valence-corrected chi connectivity index (χ1v) is 15.3. The Labute approximate surface area is 234 Å². The van der Waals surface area contributed by atoms with Crippen molar-refractivity contribution in [2.45, 2.75) is 77.0 Å². The van der Waals surface area contributed by atoms with Gasteiger partial charge in [0.05, 0.1) is 22.8 Å². The average Bonchev–Trinajstić information content (AvgIpc) is 3.24. The molecule has 0 unspecified atom stereocenters. The molecule has 12 nitrogen and oxygen atoms in total. The van der Waals surface area contributed by atoms with E-state index >= 15 is 0 Å². The highest BCUT2D eigenvalue weighted by atomic mass is 32.2. The number of nitrogens with zero attached hydrogens (tertiary/aromatic N) is 3. The van der Waals surface area contributed by atoms with Crippen LogP contribution >= 0.6 is 0 Å². The molecule has 0 aliphatic carbocycles. The van der Waals surface area contributed by atoms with Crippen LogP contribution in [0.25, 0.3) is 16.9 Å². The second-order valence-corrected chi connectivity index (χ2v) is 11.2. The lowest BCUT2D eigenvalue weighted by atomic mass is 10.1. The Hall–Kier alpha value is -3.29. The number of aromatic amines is 1. The molecular formula is C27H40N6O6S. The maximum absolute atomic E-state index is 13.1. The minimum atomic E-state index is -4.21. The number of nitrogens with one attached hydrogen (secondary N) is 3. The number of carbonyl (C=O) groups excluding carboxylic acids is 1. The Morgan fingerprint density at radius 1 is 1.12 bits per heavy atom. The van der Waals surface area contributed by atoms with Gasteiger partial charge in [0.1, 0.15) is 11.6 Å². The number of sulfonamides is 1. The van der Waals surface area contributed by atoms with Crippen molar-refractivity contribution >= 4 is 21.4 Å². The van der Waals surface area contributed by atoms with E-state index in [-0.39, 0.29) is 35.9 Å². The number of rotatable bonds is 17. The van der Waals surface area contributed by atoms with Gasteiger partial charge in [-0.05, 0) is 51.4 Å². The van der Waals surface area contributed by atoms with Crippen LogP contribution in [-0.4, -0.2) is 65.3 Å². The zero-order valence-corrected chi connectivity index (χ0v) is 24.3. The molecule has 0 radical (unpaired) electrons. The Balaban J connectivity index is 1.92. The highest BCUT2D eigenvalue weighted by molar-refractivity contribution is 7.90. The highest BCUT2D eigenvalue weighted by Gasteiger charge is 2.22. The molecule has 0 spiro atoms. The molecule has 3 rings (SSSR count). The summed E-state index contributed by atoms with van der Waals surface area (Å²) < 4.78 is 35.4. The molecule has 220 valence electrons. The van der Waals surface area contributed by atoms with Crippen LogP contribution in [0.15, 0.2) is 27.9 Å². The standard InChI is InChI=1S/C27H40N6O6S/c1-4-6-7-8-9-11-23-29-19(3)25-27(36)30-26(31-33(23)25)21-18-20(12-13-22(21)39-5-2)40(37,38)32-24(35)14-16-28-15-10-17-34/h12-13,18,28,34H,4-11,14-17H2,1-3H3,(H,32,35)(H,30,31,36). The van der Waals surface area contributed by atoms with E-state index in [9.17, 15) is 18.0 Å². The number of H-pyrrole nitrogens is 1. The summed E-state index contributed by atoms with van der Waals surface area (Å²) >= 11 is 0. The molecule has 3 aromatic rings. The number of carbonyl (C=O) groups is 1. The number of aliphatic hydroxyl groups is 1. The fourth-order valence-corrected chi connectivity index (χ4v) is 5.38. The maximum Gasteiger partial charge on any atom is 0.277 e. The van der Waals surface area contributed by atoms with E-state index in [1.807, 2.05) is 0 Å². The lowest BCUT2D eigenvalue weighted by Crippen LogP contribution is -2.33. The van der Waals surface area contributed by atoms with Crippen molar-refractivity contribution in [1.82, 2.24) is 29.6 Å². The van der Waals surface area contributed by atoms with E-state index in [1.165, 1.54) is 29.1 Å². The largest absolute Gasteiger partial charge is 0.493 e. The summed E-state index contributed by atoms with van der Waals surface area (Å²) in [6, 6.07) is 4.15. The number of unbranched alkanes of at least 4 members (excludes halogenated alkanes) is 4. The third-order valence-corrected chi connectivity index (χ3v) is 7.72. The molecule has 0 atom stereocenters. The number of aryl methyl sites for hydroxylation is 2. The number of hydrogen-bond acceptors (Lipinski definition) is 9. The minimum absolute atomic E-state index is 0.0293. The first-order chi connectivity index (χ1) is 19.2. The van der Waals surface area contributed by atoms with Crippen LogP contribution in [0.1, 0.15) is 70.3 Å². The lowest BCUT2D eigenvalue weighted by Gasteiger charge is -2.13. The van der Waals surface area contributed by atoms with Crippen LogP contribution in [0.5, 0.6) is 5.75 Å². The van der Waals surface area contributed by atoms with Crippen molar-refractivity contribution < 1.29 is 23.1 Å². The molecule has 0 bridgehead atoms. The molecule has 2 heterocycles. The normalized spacial score (nSPS) is 11.7. The summed E-state index contributed by atoms with van der Waals surface area (Å²) in [5.74, 6) is 0.457. The fourth-order valence-electron chi connectivity index (χ4n) is 4.34. The third kappa shape index (κ3) is 8.12. The molecule has 1 amide bonds. The van der Waals surface area contributed by atoms with Crippen molar-refractivity contribution in [1.29, 1.82) is 0 Å². The van der Waals surface area contributed by atoms with Gasteiger partial charge in [0.2, 0.25) is 5.91 Å². The number of imidazole rings is 1. The maximum atomic E-state index is 13.1. The summed E-state index contributed by atoms with van der Waals surface area (Å²) in [5.41, 5.74) is 0.778. The smallest absolute Gasteiger partial charge is 0.277 e. The predicted molar refractivity (Wildman–Crippen MR) is 152 cm³/mol. The average molecular weight is 577 g/mol. The van der Waals surface area contributed by atoms with E-state index < -0.39 is 21.5 Å². The molecule has 0 fully saturated rings. The van der Waals surface area contributed by atoms with E-state index in [0.29, 0.717) is 48.8 Å². The topological polar surface area (TPSA) is 168 Å². The van der Waals surface area contributed by atoms with Gasteiger partial charge < -0.3 is 20.1 Å². The zero-order valence-electron chi connectivity index (χ0n) is 23.5. The van der Waals surface area contributed by atoms with Crippen molar-refractivity contribution in [2.75, 3.05) is 26.3 Å². The molecule has 1 aromatic carbocycles. The highest BCUT2D eigenvalue weighted by Crippen LogP contribution is 2.30. The third-order valence-electron chi connectivity index (χ3n) is 6.35. The molecule has 0 aliphatic rings. The van der Waals surface area contributed by atoms with Gasteiger partial charge in [0.15, 0.2) is 11.3 Å². The Morgan fingerprint density at radius 3 is 2.62 bits per heavy atom. The summed E-state index contributed by atoms with van der Waals surface area (Å²) in [4.78, 5) is 32.5. The van der Waals surface area contributed by atoms with Crippen molar-refractivity contribution in [2.24, 2.45) is 0 Å². The molecule has 0 saturated carbocycles. The van der Waals surface area contributed by atoms with Crippen LogP contribution < -0.4 is 20.3 Å². The predicted octanol–water partition coefficient (Wildman–Crippen LogP) is 2.47. The monoisotopic (exact) mass is 576 g/mol. The Morgan fingerprint density at radius 2 is 1.90 bits per heavy atom. The molecule has 2 aromatic heterocycles. The number of ether oxygens (including phenoxy) is 1. The van der Waals surface area contributed by atoms with E-state index in [2.05, 4.69) is 32.0 Å². The molecular weight excluding hydrogens is 536 g/mol. The second kappa shape index (κ2) is 14.9. The van der Waals surface area contributed by atoms with Gasteiger partial charge in [0.25, 0.3) is 15.6 Å². The lowest BCUT2D eigenvalue weighted by molar-refractivity contribution is -0.119. The number of aliphatic hydroxyl groups excluding tert-OH is 1. The van der Waals surface area contributed by atoms with Crippen LogP contribution in [0, 0.1) is 6.92 Å². The molecule has 13 heteroatoms. The van der Waals surface area contributed by atoms with Crippen molar-refractivity contribution in [3.8, 4) is 17.1 Å². The zero-order chi connectivity index (χ0) is 29.1. The van der Waals surface area contributed by atoms with Gasteiger partial charge in [-0.2, -0.15) is 0 Å². The quantitative estimate of drug-likeness (QED) is 0.176. The number of fused-ring (bicyclic) bond motifs is 1. The van der Waals surface area contributed by atoms with Gasteiger partial charge >= 0.3 is 0 Å².